The van der Waals surface area contributed by atoms with Gasteiger partial charge in [-0.3, -0.25) is 28.7 Å². The predicted molar refractivity (Wildman–Crippen MR) is 262 cm³/mol. The number of hydrogen-bond acceptors (Lipinski definition) is 19. The first kappa shape index (κ1) is 59.4. The van der Waals surface area contributed by atoms with Gasteiger partial charge >= 0.3 is 11.9 Å². The number of nitrogens with one attached hydrogen (secondary N) is 3. The number of aromatic nitrogens is 5. The Kier molecular flexibility index (Phi) is 23.2. The van der Waals surface area contributed by atoms with Crippen LogP contribution < -0.4 is 32.6 Å². The normalized spacial score (nSPS) is 12.8. The predicted octanol–water partition coefficient (Wildman–Crippen LogP) is -0.300. The average Bonchev–Trinajstić information content (AvgIpc) is 4.02. The summed E-state index contributed by atoms with van der Waals surface area (Å²) < 4.78 is 34.8. The van der Waals surface area contributed by atoms with Crippen LogP contribution >= 0.6 is 11.3 Å². The van der Waals surface area contributed by atoms with Crippen molar-refractivity contribution in [2.24, 2.45) is 16.6 Å². The van der Waals surface area contributed by atoms with Gasteiger partial charge in [0.05, 0.1) is 45.0 Å². The zero-order chi connectivity index (χ0) is 54.4. The molecule has 0 spiro atoms. The molecule has 3 atom stereocenters. The number of rotatable bonds is 34. The van der Waals surface area contributed by atoms with E-state index in [-0.39, 0.29) is 81.8 Å². The second kappa shape index (κ2) is 28.9. The van der Waals surface area contributed by atoms with Gasteiger partial charge in [-0.05, 0) is 73.9 Å². The van der Waals surface area contributed by atoms with E-state index in [4.69, 9.17) is 26.1 Å². The highest BCUT2D eigenvalue weighted by Gasteiger charge is 2.34. The third-order valence-electron chi connectivity index (χ3n) is 11.5. The zero-order valence-electron chi connectivity index (χ0n) is 40.5. The van der Waals surface area contributed by atoms with E-state index in [0.29, 0.717) is 60.4 Å². The molecule has 404 valence electrons. The third kappa shape index (κ3) is 19.3. The molecule has 27 nitrogen and oxygen atoms in total. The lowest BCUT2D eigenvalue weighted by atomic mass is 9.73. The van der Waals surface area contributed by atoms with Gasteiger partial charge in [-0.25, -0.2) is 23.1 Å². The van der Waals surface area contributed by atoms with Gasteiger partial charge in [0.15, 0.2) is 0 Å². The van der Waals surface area contributed by atoms with Crippen LogP contribution in [0.15, 0.2) is 59.1 Å². The molecule has 0 saturated carbocycles. The van der Waals surface area contributed by atoms with E-state index in [1.54, 1.807) is 35.1 Å². The van der Waals surface area contributed by atoms with Crippen LogP contribution in [0.2, 0.25) is 0 Å². The van der Waals surface area contributed by atoms with E-state index in [0.717, 1.165) is 4.90 Å². The molecule has 0 unspecified atom stereocenters. The number of primary amides is 1. The Morgan fingerprint density at radius 2 is 1.38 bits per heavy atom. The highest BCUT2D eigenvalue weighted by atomic mass is 32.2. The van der Waals surface area contributed by atoms with Crippen molar-refractivity contribution in [1.29, 1.82) is 0 Å². The second-order valence-corrected chi connectivity index (χ2v) is 19.8. The number of aromatic hydroxyl groups is 2. The average molecular weight is 1080 g/mol. The maximum atomic E-state index is 13.9. The lowest BCUT2D eigenvalue weighted by Gasteiger charge is -2.31. The summed E-state index contributed by atoms with van der Waals surface area (Å²) in [5.41, 5.74) is 12.4. The molecule has 0 radical (unpaired) electrons. The van der Waals surface area contributed by atoms with Gasteiger partial charge in [0.2, 0.25) is 39.0 Å². The van der Waals surface area contributed by atoms with E-state index in [1.165, 1.54) is 24.3 Å². The highest BCUT2D eigenvalue weighted by molar-refractivity contribution is 7.91. The monoisotopic (exact) mass is 1070 g/mol. The van der Waals surface area contributed by atoms with Crippen LogP contribution in [0.4, 0.5) is 5.13 Å². The van der Waals surface area contributed by atoms with Crippen molar-refractivity contribution in [3.63, 3.8) is 0 Å². The van der Waals surface area contributed by atoms with E-state index in [2.05, 4.69) is 36.5 Å². The van der Waals surface area contributed by atoms with Gasteiger partial charge < -0.3 is 62.2 Å². The standard InChI is InChI=1S/C45H62N12O15S2/c1-45(28-8-12-31(58)13-9-28,29-10-14-32(59)15-11-29)17-16-37(61)49-33(41(65)66)25-38(62)50-34(42(67)68)26-39(63)57(20-22-72-24-23-71-21-18-46)35(40(47)64)6-2-3-19-56-27-30(52-55-56)5-4-7-36(60)51-43-53-54-44(73-43)74(48,69)70/h8-15,27,33-35,58-59H,2-7,16-26,46H2,1H3,(H2,47,64)(H,49,61)(H,50,62)(H,65,66)(H,67,68)(H2,48,69,70)(H,51,53,60)/t33-,34-,35-/m0/s1. The molecule has 2 heterocycles. The minimum atomic E-state index is -4.06. The number of unbranched alkanes of at least 4 members (excludes halogenated alkanes) is 1. The molecule has 2 aromatic carbocycles. The number of nitrogens with two attached hydrogens (primary N) is 3. The van der Waals surface area contributed by atoms with E-state index in [9.17, 15) is 62.4 Å². The number of anilines is 1. The number of ether oxygens (including phenoxy) is 2. The number of phenolic OH excluding ortho intramolecular Hbond substituents is 2. The summed E-state index contributed by atoms with van der Waals surface area (Å²) in [4.78, 5) is 91.5. The van der Waals surface area contributed by atoms with Gasteiger partial charge in [0.1, 0.15) is 29.6 Å². The fourth-order valence-corrected chi connectivity index (χ4v) is 8.86. The Morgan fingerprint density at radius 1 is 0.784 bits per heavy atom. The molecule has 29 heteroatoms. The maximum Gasteiger partial charge on any atom is 0.326 e. The summed E-state index contributed by atoms with van der Waals surface area (Å²) in [6.07, 6.45) is 1.29. The number of aliphatic carboxylic acids is 2. The molecular weight excluding hydrogens is 1010 g/mol. The number of benzene rings is 2. The van der Waals surface area contributed by atoms with Crippen LogP contribution in [0.25, 0.3) is 0 Å². The number of amides is 5. The fourth-order valence-electron chi connectivity index (χ4n) is 7.51. The van der Waals surface area contributed by atoms with E-state index in [1.807, 2.05) is 6.92 Å². The fraction of sp³-hybridized carbons (Fsp3) is 0.489. The van der Waals surface area contributed by atoms with Crippen LogP contribution in [-0.2, 0) is 71.4 Å². The molecule has 0 bridgehead atoms. The van der Waals surface area contributed by atoms with Gasteiger partial charge in [0, 0.05) is 44.1 Å². The van der Waals surface area contributed by atoms with Crippen molar-refractivity contribution in [2.45, 2.75) is 106 Å². The van der Waals surface area contributed by atoms with Crippen LogP contribution in [0.3, 0.4) is 0 Å². The van der Waals surface area contributed by atoms with Crippen molar-refractivity contribution in [1.82, 2.24) is 40.7 Å². The van der Waals surface area contributed by atoms with Crippen molar-refractivity contribution in [2.75, 3.05) is 44.8 Å². The Bertz CT molecular complexity index is 2590. The molecule has 0 fully saturated rings. The molecule has 4 aromatic rings. The van der Waals surface area contributed by atoms with Gasteiger partial charge in [-0.1, -0.05) is 47.7 Å². The summed E-state index contributed by atoms with van der Waals surface area (Å²) in [5, 5.41) is 67.0. The Balaban J connectivity index is 1.34. The number of primary sulfonamides is 1. The number of nitrogens with zero attached hydrogens (tertiary/aromatic N) is 6. The molecule has 0 aliphatic heterocycles. The molecule has 74 heavy (non-hydrogen) atoms. The highest BCUT2D eigenvalue weighted by Crippen LogP contribution is 2.38. The topological polar surface area (TPSA) is 427 Å². The third-order valence-corrected chi connectivity index (χ3v) is 13.6. The molecule has 4 rings (SSSR count). The lowest BCUT2D eigenvalue weighted by Crippen LogP contribution is -2.52. The number of aryl methyl sites for hydroxylation is 2. The zero-order valence-corrected chi connectivity index (χ0v) is 42.1. The number of sulfonamides is 1. The molecule has 0 aliphatic carbocycles. The first-order valence-electron chi connectivity index (χ1n) is 23.2. The second-order valence-electron chi connectivity index (χ2n) is 17.1. The van der Waals surface area contributed by atoms with E-state index < -0.39 is 92.2 Å². The molecular formula is C45H62N12O15S2. The van der Waals surface area contributed by atoms with Crippen LogP contribution in [0, 0.1) is 0 Å². The number of carbonyl (C=O) groups is 7. The number of carboxylic acids is 2. The van der Waals surface area contributed by atoms with Crippen molar-refractivity contribution in [3.05, 3.63) is 71.5 Å². The minimum absolute atomic E-state index is 0.0105. The van der Waals surface area contributed by atoms with Crippen molar-refractivity contribution < 1.29 is 71.9 Å². The molecule has 0 saturated heterocycles. The van der Waals surface area contributed by atoms with Gasteiger partial charge in [0.25, 0.3) is 10.0 Å². The minimum Gasteiger partial charge on any atom is -0.508 e. The number of phenols is 2. The first-order valence-corrected chi connectivity index (χ1v) is 25.6. The molecule has 2 aromatic heterocycles. The molecule has 13 N–H and O–H groups in total. The van der Waals surface area contributed by atoms with E-state index >= 15 is 0 Å². The Labute approximate surface area is 429 Å². The van der Waals surface area contributed by atoms with Gasteiger partial charge in [-0.2, -0.15) is 0 Å². The summed E-state index contributed by atoms with van der Waals surface area (Å²) in [6.45, 7) is 2.63. The first-order chi connectivity index (χ1) is 35.1. The largest absolute Gasteiger partial charge is 0.508 e. The summed E-state index contributed by atoms with van der Waals surface area (Å²) >= 11 is 0.615. The molecule has 5 amide bonds. The summed E-state index contributed by atoms with van der Waals surface area (Å²) in [5.74, 6) is -7.34. The van der Waals surface area contributed by atoms with Crippen LogP contribution in [0.1, 0.15) is 81.5 Å². The Morgan fingerprint density at radius 3 is 1.95 bits per heavy atom. The molecule has 0 aliphatic rings. The quantitative estimate of drug-likeness (QED) is 0.0212. The van der Waals surface area contributed by atoms with Crippen molar-refractivity contribution in [3.8, 4) is 11.5 Å². The SMILES string of the molecule is CC(CCC(=O)N[C@@H](CC(=O)N[C@@H](CC(=O)N(CCOCCOCCN)[C@@H](CCCCn1cc(CCCC(=O)Nc2nnc(S(N)(=O)=O)s2)nn1)C(N)=O)C(=O)O)C(=O)O)(c1ccc(O)cc1)c1ccc(O)cc1. The number of carbonyl (C=O) groups excluding carboxylic acids is 5. The number of carboxylic acid groups (broad SMARTS) is 2. The lowest BCUT2D eigenvalue weighted by molar-refractivity contribution is -0.148. The Hall–Kier alpha value is -7.18. The number of hydrogen-bond donors (Lipinski definition) is 10. The smallest absolute Gasteiger partial charge is 0.326 e. The summed E-state index contributed by atoms with van der Waals surface area (Å²) in [7, 11) is -4.06. The van der Waals surface area contributed by atoms with Crippen LogP contribution in [-0.4, -0.2) is 158 Å². The van der Waals surface area contributed by atoms with Gasteiger partial charge in [-0.15, -0.1) is 15.3 Å². The van der Waals surface area contributed by atoms with Crippen LogP contribution in [0.5, 0.6) is 11.5 Å². The summed E-state index contributed by atoms with van der Waals surface area (Å²) in [6, 6.07) is 7.57. The maximum absolute atomic E-state index is 13.9. The van der Waals surface area contributed by atoms with Crippen molar-refractivity contribution >= 4 is 68.0 Å².